The first-order valence-corrected chi connectivity index (χ1v) is 7.91. The molecule has 1 aromatic heterocycles. The van der Waals surface area contributed by atoms with Crippen LogP contribution in [0.4, 0.5) is 0 Å². The molecule has 0 aliphatic rings. The number of aryl methyl sites for hydroxylation is 1. The standard InChI is InChI=1S/C18H22N2O4/c1-12(2)11-20(9-8-17(22)23)18(24)14-10-16(21)19(3)15-7-5-4-6-13(14)15/h4-7,10,12H,8-9,11H2,1-3H3,(H,22,23). The van der Waals surface area contributed by atoms with Crippen LogP contribution in [0.2, 0.25) is 0 Å². The van der Waals surface area contributed by atoms with Crippen LogP contribution in [-0.2, 0) is 11.8 Å². The molecule has 2 aromatic rings. The summed E-state index contributed by atoms with van der Waals surface area (Å²) in [5, 5.41) is 9.60. The van der Waals surface area contributed by atoms with Crippen molar-refractivity contribution in [3.05, 3.63) is 46.2 Å². The van der Waals surface area contributed by atoms with E-state index in [4.69, 9.17) is 5.11 Å². The molecule has 0 atom stereocenters. The van der Waals surface area contributed by atoms with Gasteiger partial charge in [0.1, 0.15) is 0 Å². The molecule has 1 amide bonds. The summed E-state index contributed by atoms with van der Waals surface area (Å²) in [6.45, 7) is 4.48. The number of carbonyl (C=O) groups is 2. The molecule has 1 heterocycles. The van der Waals surface area contributed by atoms with Gasteiger partial charge in [0.25, 0.3) is 11.5 Å². The van der Waals surface area contributed by atoms with E-state index >= 15 is 0 Å². The molecule has 0 saturated carbocycles. The Hall–Kier alpha value is -2.63. The average Bonchev–Trinajstić information content (AvgIpc) is 2.53. The fourth-order valence-electron chi connectivity index (χ4n) is 2.71. The zero-order chi connectivity index (χ0) is 17.9. The molecule has 0 spiro atoms. The summed E-state index contributed by atoms with van der Waals surface area (Å²) in [5.41, 5.74) is 0.732. The van der Waals surface area contributed by atoms with Crippen LogP contribution in [0.15, 0.2) is 35.1 Å². The van der Waals surface area contributed by atoms with Gasteiger partial charge < -0.3 is 14.6 Å². The second-order valence-corrected chi connectivity index (χ2v) is 6.26. The van der Waals surface area contributed by atoms with E-state index in [1.54, 1.807) is 19.2 Å². The molecular formula is C18H22N2O4. The number of hydrogen-bond donors (Lipinski definition) is 1. The van der Waals surface area contributed by atoms with Crippen molar-refractivity contribution in [1.29, 1.82) is 0 Å². The number of aliphatic carboxylic acids is 1. The van der Waals surface area contributed by atoms with Crippen LogP contribution in [0.5, 0.6) is 0 Å². The summed E-state index contributed by atoms with van der Waals surface area (Å²) in [7, 11) is 1.66. The highest BCUT2D eigenvalue weighted by molar-refractivity contribution is 6.06. The molecule has 6 heteroatoms. The van der Waals surface area contributed by atoms with Crippen LogP contribution >= 0.6 is 0 Å². The van der Waals surface area contributed by atoms with Gasteiger partial charge in [0.05, 0.1) is 17.5 Å². The van der Waals surface area contributed by atoms with Gasteiger partial charge in [-0.2, -0.15) is 0 Å². The van der Waals surface area contributed by atoms with E-state index in [1.807, 2.05) is 26.0 Å². The molecule has 1 N–H and O–H groups in total. The third kappa shape index (κ3) is 3.82. The summed E-state index contributed by atoms with van der Waals surface area (Å²) in [6.07, 6.45) is -0.124. The maximum atomic E-state index is 13.0. The Morgan fingerprint density at radius 1 is 1.25 bits per heavy atom. The number of carbonyl (C=O) groups excluding carboxylic acids is 1. The van der Waals surface area contributed by atoms with Gasteiger partial charge >= 0.3 is 5.97 Å². The monoisotopic (exact) mass is 330 g/mol. The Morgan fingerprint density at radius 3 is 2.54 bits per heavy atom. The van der Waals surface area contributed by atoms with Crippen LogP contribution < -0.4 is 5.56 Å². The van der Waals surface area contributed by atoms with Gasteiger partial charge in [-0.1, -0.05) is 32.0 Å². The maximum absolute atomic E-state index is 13.0. The SMILES string of the molecule is CC(C)CN(CCC(=O)O)C(=O)c1cc(=O)n(C)c2ccccc12. The summed E-state index contributed by atoms with van der Waals surface area (Å²) >= 11 is 0. The van der Waals surface area contributed by atoms with Gasteiger partial charge in [-0.3, -0.25) is 14.4 Å². The summed E-state index contributed by atoms with van der Waals surface area (Å²) in [5.74, 6) is -1.07. The zero-order valence-corrected chi connectivity index (χ0v) is 14.2. The third-order valence-corrected chi connectivity index (χ3v) is 3.85. The molecule has 1 aromatic carbocycles. The van der Waals surface area contributed by atoms with Crippen molar-refractivity contribution in [3.63, 3.8) is 0 Å². The smallest absolute Gasteiger partial charge is 0.305 e. The maximum Gasteiger partial charge on any atom is 0.305 e. The minimum atomic E-state index is -0.953. The van der Waals surface area contributed by atoms with Crippen LogP contribution in [0.1, 0.15) is 30.6 Å². The molecule has 6 nitrogen and oxygen atoms in total. The van der Waals surface area contributed by atoms with Crippen molar-refractivity contribution in [3.8, 4) is 0 Å². The summed E-state index contributed by atoms with van der Waals surface area (Å²) in [4.78, 5) is 37.5. The lowest BCUT2D eigenvalue weighted by atomic mass is 10.1. The topological polar surface area (TPSA) is 79.6 Å². The molecule has 0 aliphatic carbocycles. The lowest BCUT2D eigenvalue weighted by Crippen LogP contribution is -2.37. The van der Waals surface area contributed by atoms with Gasteiger partial charge in [0, 0.05) is 31.6 Å². The summed E-state index contributed by atoms with van der Waals surface area (Å²) < 4.78 is 1.50. The minimum absolute atomic E-state index is 0.121. The van der Waals surface area contributed by atoms with E-state index in [2.05, 4.69) is 0 Å². The summed E-state index contributed by atoms with van der Waals surface area (Å²) in [6, 6.07) is 8.54. The number of benzene rings is 1. The van der Waals surface area contributed by atoms with Gasteiger partial charge in [-0.05, 0) is 12.0 Å². The Morgan fingerprint density at radius 2 is 1.92 bits per heavy atom. The number of nitrogens with zero attached hydrogens (tertiary/aromatic N) is 2. The average molecular weight is 330 g/mol. The molecule has 0 fully saturated rings. The molecule has 0 bridgehead atoms. The molecule has 0 saturated heterocycles. The second kappa shape index (κ2) is 7.29. The molecular weight excluding hydrogens is 308 g/mol. The number of hydrogen-bond acceptors (Lipinski definition) is 3. The normalized spacial score (nSPS) is 11.0. The number of para-hydroxylation sites is 1. The van der Waals surface area contributed by atoms with Crippen LogP contribution in [0, 0.1) is 5.92 Å². The Kier molecular flexibility index (Phi) is 5.39. The van der Waals surface area contributed by atoms with Crippen molar-refractivity contribution in [1.82, 2.24) is 9.47 Å². The lowest BCUT2D eigenvalue weighted by molar-refractivity contribution is -0.137. The number of carboxylic acids is 1. The number of fused-ring (bicyclic) bond motifs is 1. The fraction of sp³-hybridized carbons (Fsp3) is 0.389. The number of aromatic nitrogens is 1. The van der Waals surface area contributed by atoms with Gasteiger partial charge in [-0.25, -0.2) is 0 Å². The first-order valence-electron chi connectivity index (χ1n) is 7.91. The van der Waals surface area contributed by atoms with Crippen molar-refractivity contribution >= 4 is 22.8 Å². The first kappa shape index (κ1) is 17.7. The van der Waals surface area contributed by atoms with E-state index < -0.39 is 5.97 Å². The van der Waals surface area contributed by atoms with E-state index in [-0.39, 0.29) is 30.3 Å². The highest BCUT2D eigenvalue weighted by atomic mass is 16.4. The number of pyridine rings is 1. The minimum Gasteiger partial charge on any atom is -0.481 e. The van der Waals surface area contributed by atoms with Crippen molar-refractivity contribution in [2.75, 3.05) is 13.1 Å². The Bertz CT molecular complexity index is 823. The Balaban J connectivity index is 2.49. The van der Waals surface area contributed by atoms with E-state index in [1.165, 1.54) is 15.5 Å². The van der Waals surface area contributed by atoms with Crippen molar-refractivity contribution in [2.24, 2.45) is 13.0 Å². The zero-order valence-electron chi connectivity index (χ0n) is 14.2. The molecule has 2 rings (SSSR count). The number of amides is 1. The predicted octanol–water partition coefficient (Wildman–Crippen LogP) is 2.11. The third-order valence-electron chi connectivity index (χ3n) is 3.85. The quantitative estimate of drug-likeness (QED) is 0.880. The molecule has 24 heavy (non-hydrogen) atoms. The van der Waals surface area contributed by atoms with E-state index in [9.17, 15) is 14.4 Å². The van der Waals surface area contributed by atoms with Gasteiger partial charge in [0.15, 0.2) is 0 Å². The molecule has 0 unspecified atom stereocenters. The predicted molar refractivity (Wildman–Crippen MR) is 92.2 cm³/mol. The van der Waals surface area contributed by atoms with E-state index in [0.717, 1.165) is 0 Å². The first-order chi connectivity index (χ1) is 11.3. The fourth-order valence-corrected chi connectivity index (χ4v) is 2.71. The van der Waals surface area contributed by atoms with E-state index in [0.29, 0.717) is 23.0 Å². The largest absolute Gasteiger partial charge is 0.481 e. The highest BCUT2D eigenvalue weighted by Gasteiger charge is 2.21. The second-order valence-electron chi connectivity index (χ2n) is 6.26. The molecule has 128 valence electrons. The molecule has 0 radical (unpaired) electrons. The van der Waals surface area contributed by atoms with Crippen LogP contribution in [-0.4, -0.2) is 39.5 Å². The number of rotatable bonds is 6. The van der Waals surface area contributed by atoms with Gasteiger partial charge in [-0.15, -0.1) is 0 Å². The Labute approximate surface area is 140 Å². The van der Waals surface area contributed by atoms with Crippen molar-refractivity contribution in [2.45, 2.75) is 20.3 Å². The lowest BCUT2D eigenvalue weighted by Gasteiger charge is -2.25. The van der Waals surface area contributed by atoms with Crippen molar-refractivity contribution < 1.29 is 14.7 Å². The van der Waals surface area contributed by atoms with Gasteiger partial charge in [0.2, 0.25) is 0 Å². The van der Waals surface area contributed by atoms with Crippen LogP contribution in [0.25, 0.3) is 10.9 Å². The number of carboxylic acid groups (broad SMARTS) is 1. The molecule has 0 aliphatic heterocycles. The van der Waals surface area contributed by atoms with Crippen LogP contribution in [0.3, 0.4) is 0 Å². The highest BCUT2D eigenvalue weighted by Crippen LogP contribution is 2.18.